The average Bonchev–Trinajstić information content (AvgIpc) is 2.92. The van der Waals surface area contributed by atoms with Crippen LogP contribution in [0.5, 0.6) is 0 Å². The summed E-state index contributed by atoms with van der Waals surface area (Å²) in [6, 6.07) is 5.47. The van der Waals surface area contributed by atoms with Crippen LogP contribution < -0.4 is 11.1 Å². The highest BCUT2D eigenvalue weighted by molar-refractivity contribution is 6.02. The third kappa shape index (κ3) is 1.86. The second kappa shape index (κ2) is 4.10. The molecule has 1 fully saturated rings. The topological polar surface area (TPSA) is 75.4 Å². The molecule has 0 saturated carbocycles. The van der Waals surface area contributed by atoms with E-state index in [4.69, 9.17) is 5.73 Å². The van der Waals surface area contributed by atoms with Gasteiger partial charge in [-0.05, 0) is 24.1 Å². The van der Waals surface area contributed by atoms with Crippen LogP contribution in [0, 0.1) is 0 Å². The lowest BCUT2D eigenvalue weighted by Gasteiger charge is -2.16. The summed E-state index contributed by atoms with van der Waals surface area (Å²) in [5, 5.41) is 2.76. The molecule has 2 amide bonds. The second-order valence-corrected chi connectivity index (χ2v) is 4.90. The standard InChI is InChI=1S/C13H15N3O2/c14-10-3-4-16(7-10)13(18)9-2-1-8-6-12(17)15-11(8)5-9/h1-2,5,10H,3-4,6-7,14H2,(H,15,17)/t10-/m0/s1. The molecule has 1 atom stereocenters. The fraction of sp³-hybridized carbons (Fsp3) is 0.385. The Morgan fingerprint density at radius 2 is 2.28 bits per heavy atom. The van der Waals surface area contributed by atoms with Crippen molar-refractivity contribution in [1.82, 2.24) is 4.90 Å². The molecule has 3 N–H and O–H groups in total. The summed E-state index contributed by atoms with van der Waals surface area (Å²) in [6.07, 6.45) is 1.26. The summed E-state index contributed by atoms with van der Waals surface area (Å²) < 4.78 is 0. The highest BCUT2D eigenvalue weighted by Gasteiger charge is 2.26. The minimum absolute atomic E-state index is 0.00750. The summed E-state index contributed by atoms with van der Waals surface area (Å²) in [5.74, 6) is -0.0234. The van der Waals surface area contributed by atoms with E-state index in [1.165, 1.54) is 0 Å². The average molecular weight is 245 g/mol. The van der Waals surface area contributed by atoms with Gasteiger partial charge >= 0.3 is 0 Å². The number of hydrogen-bond acceptors (Lipinski definition) is 3. The molecule has 1 saturated heterocycles. The Labute approximate surface area is 105 Å². The van der Waals surface area contributed by atoms with Crippen LogP contribution in [-0.2, 0) is 11.2 Å². The lowest BCUT2D eigenvalue weighted by atomic mass is 10.1. The molecule has 2 aliphatic rings. The van der Waals surface area contributed by atoms with Crippen LogP contribution in [0.3, 0.4) is 0 Å². The number of nitrogens with zero attached hydrogens (tertiary/aromatic N) is 1. The molecule has 2 heterocycles. The van der Waals surface area contributed by atoms with E-state index in [2.05, 4.69) is 5.32 Å². The minimum Gasteiger partial charge on any atom is -0.337 e. The van der Waals surface area contributed by atoms with E-state index in [1.54, 1.807) is 17.0 Å². The van der Waals surface area contributed by atoms with Crippen molar-refractivity contribution in [2.24, 2.45) is 5.73 Å². The summed E-state index contributed by atoms with van der Waals surface area (Å²) in [7, 11) is 0. The van der Waals surface area contributed by atoms with E-state index in [0.717, 1.165) is 17.7 Å². The fourth-order valence-corrected chi connectivity index (χ4v) is 2.50. The van der Waals surface area contributed by atoms with Crippen molar-refractivity contribution >= 4 is 17.5 Å². The normalized spacial score (nSPS) is 21.9. The Bertz CT molecular complexity index is 527. The van der Waals surface area contributed by atoms with Crippen LogP contribution in [0.15, 0.2) is 18.2 Å². The van der Waals surface area contributed by atoms with Gasteiger partial charge in [-0.15, -0.1) is 0 Å². The number of carbonyl (C=O) groups excluding carboxylic acids is 2. The molecule has 5 heteroatoms. The molecule has 3 rings (SSSR count). The first-order valence-electron chi connectivity index (χ1n) is 6.11. The maximum Gasteiger partial charge on any atom is 0.253 e. The van der Waals surface area contributed by atoms with E-state index in [0.29, 0.717) is 25.1 Å². The van der Waals surface area contributed by atoms with Gasteiger partial charge in [0.2, 0.25) is 5.91 Å². The maximum atomic E-state index is 12.2. The highest BCUT2D eigenvalue weighted by atomic mass is 16.2. The zero-order valence-electron chi connectivity index (χ0n) is 9.98. The monoisotopic (exact) mass is 245 g/mol. The molecular weight excluding hydrogens is 230 g/mol. The summed E-state index contributed by atoms with van der Waals surface area (Å²) in [4.78, 5) is 25.3. The van der Waals surface area contributed by atoms with Crippen LogP contribution in [0.1, 0.15) is 22.3 Å². The van der Waals surface area contributed by atoms with Crippen molar-refractivity contribution in [3.8, 4) is 0 Å². The number of hydrogen-bond donors (Lipinski definition) is 2. The van der Waals surface area contributed by atoms with Crippen molar-refractivity contribution < 1.29 is 9.59 Å². The SMILES string of the molecule is N[C@H]1CCN(C(=O)c2ccc3c(c2)NC(=O)C3)C1. The Morgan fingerprint density at radius 1 is 1.44 bits per heavy atom. The van der Waals surface area contributed by atoms with E-state index in [1.807, 2.05) is 6.07 Å². The number of benzene rings is 1. The molecule has 0 aliphatic carbocycles. The summed E-state index contributed by atoms with van der Waals surface area (Å²) in [5.41, 5.74) is 8.13. The maximum absolute atomic E-state index is 12.2. The molecule has 0 aromatic heterocycles. The van der Waals surface area contributed by atoms with Crippen molar-refractivity contribution in [1.29, 1.82) is 0 Å². The Balaban J connectivity index is 1.83. The van der Waals surface area contributed by atoms with E-state index in [-0.39, 0.29) is 17.9 Å². The zero-order chi connectivity index (χ0) is 12.7. The van der Waals surface area contributed by atoms with E-state index < -0.39 is 0 Å². The number of fused-ring (bicyclic) bond motifs is 1. The fourth-order valence-electron chi connectivity index (χ4n) is 2.50. The lowest BCUT2D eigenvalue weighted by Crippen LogP contribution is -2.31. The van der Waals surface area contributed by atoms with Gasteiger partial charge in [0, 0.05) is 30.4 Å². The van der Waals surface area contributed by atoms with E-state index >= 15 is 0 Å². The van der Waals surface area contributed by atoms with Gasteiger partial charge < -0.3 is 16.0 Å². The molecule has 5 nitrogen and oxygen atoms in total. The molecule has 1 aromatic carbocycles. The molecule has 94 valence electrons. The first kappa shape index (κ1) is 11.2. The van der Waals surface area contributed by atoms with Crippen LogP contribution in [0.25, 0.3) is 0 Å². The molecule has 0 unspecified atom stereocenters. The van der Waals surface area contributed by atoms with Gasteiger partial charge in [0.05, 0.1) is 6.42 Å². The zero-order valence-corrected chi connectivity index (χ0v) is 9.98. The quantitative estimate of drug-likeness (QED) is 0.750. The largest absolute Gasteiger partial charge is 0.337 e. The number of amides is 2. The van der Waals surface area contributed by atoms with Crippen LogP contribution in [0.4, 0.5) is 5.69 Å². The number of carbonyl (C=O) groups is 2. The molecule has 0 radical (unpaired) electrons. The van der Waals surface area contributed by atoms with Gasteiger partial charge in [-0.3, -0.25) is 9.59 Å². The van der Waals surface area contributed by atoms with Crippen LogP contribution in [0.2, 0.25) is 0 Å². The molecular formula is C13H15N3O2. The predicted molar refractivity (Wildman–Crippen MR) is 67.3 cm³/mol. The van der Waals surface area contributed by atoms with Crippen molar-refractivity contribution in [3.05, 3.63) is 29.3 Å². The number of rotatable bonds is 1. The molecule has 0 bridgehead atoms. The number of nitrogens with one attached hydrogen (secondary N) is 1. The van der Waals surface area contributed by atoms with Crippen molar-refractivity contribution in [2.75, 3.05) is 18.4 Å². The molecule has 18 heavy (non-hydrogen) atoms. The molecule has 0 spiro atoms. The van der Waals surface area contributed by atoms with E-state index in [9.17, 15) is 9.59 Å². The Morgan fingerprint density at radius 3 is 3.00 bits per heavy atom. The van der Waals surface area contributed by atoms with Gasteiger partial charge in [0.1, 0.15) is 0 Å². The van der Waals surface area contributed by atoms with Gasteiger partial charge in [0.25, 0.3) is 5.91 Å². The second-order valence-electron chi connectivity index (χ2n) is 4.90. The first-order chi connectivity index (χ1) is 8.63. The van der Waals surface area contributed by atoms with Gasteiger partial charge in [0.15, 0.2) is 0 Å². The third-order valence-corrected chi connectivity index (χ3v) is 3.49. The number of anilines is 1. The number of nitrogens with two attached hydrogens (primary N) is 1. The predicted octanol–water partition coefficient (Wildman–Crippen LogP) is 0.354. The molecule has 2 aliphatic heterocycles. The summed E-state index contributed by atoms with van der Waals surface area (Å²) in [6.45, 7) is 1.33. The van der Waals surface area contributed by atoms with Gasteiger partial charge in [-0.2, -0.15) is 0 Å². The third-order valence-electron chi connectivity index (χ3n) is 3.49. The molecule has 1 aromatic rings. The Kier molecular flexibility index (Phi) is 2.56. The highest BCUT2D eigenvalue weighted by Crippen LogP contribution is 2.25. The van der Waals surface area contributed by atoms with Crippen molar-refractivity contribution in [3.63, 3.8) is 0 Å². The van der Waals surface area contributed by atoms with Gasteiger partial charge in [-0.1, -0.05) is 6.07 Å². The van der Waals surface area contributed by atoms with Crippen LogP contribution >= 0.6 is 0 Å². The Hall–Kier alpha value is -1.88. The lowest BCUT2D eigenvalue weighted by molar-refractivity contribution is -0.115. The smallest absolute Gasteiger partial charge is 0.253 e. The van der Waals surface area contributed by atoms with Crippen molar-refractivity contribution in [2.45, 2.75) is 18.9 Å². The number of likely N-dealkylation sites (tertiary alicyclic amines) is 1. The summed E-state index contributed by atoms with van der Waals surface area (Å²) >= 11 is 0. The minimum atomic E-state index is -0.0159. The van der Waals surface area contributed by atoms with Gasteiger partial charge in [-0.25, -0.2) is 0 Å². The first-order valence-corrected chi connectivity index (χ1v) is 6.11. The van der Waals surface area contributed by atoms with Crippen LogP contribution in [-0.4, -0.2) is 35.8 Å².